The first-order valence-electron chi connectivity index (χ1n) is 5.10. The van der Waals surface area contributed by atoms with Crippen molar-refractivity contribution in [3.8, 4) is 6.07 Å². The fourth-order valence-corrected chi connectivity index (χ4v) is 2.88. The molecule has 0 aromatic carbocycles. The van der Waals surface area contributed by atoms with Gasteiger partial charge in [-0.2, -0.15) is 9.57 Å². The smallest absolute Gasteiger partial charge is 0.246 e. The molecule has 0 saturated heterocycles. The van der Waals surface area contributed by atoms with Crippen LogP contribution < -0.4 is 5.73 Å². The van der Waals surface area contributed by atoms with Crippen LogP contribution in [0, 0.1) is 11.3 Å². The minimum absolute atomic E-state index is 0.0141. The third kappa shape index (κ3) is 2.93. The van der Waals surface area contributed by atoms with Crippen molar-refractivity contribution in [3.63, 3.8) is 0 Å². The summed E-state index contributed by atoms with van der Waals surface area (Å²) in [6.45, 7) is 2.16. The minimum atomic E-state index is -3.66. The summed E-state index contributed by atoms with van der Waals surface area (Å²) in [5, 5.41) is 8.49. The van der Waals surface area contributed by atoms with Crippen molar-refractivity contribution in [2.45, 2.75) is 18.2 Å². The first-order chi connectivity index (χ1) is 8.04. The molecule has 0 saturated carbocycles. The predicted octanol–water partition coefficient (Wildman–Crippen LogP) is 0.588. The van der Waals surface area contributed by atoms with Gasteiger partial charge in [-0.1, -0.05) is 6.92 Å². The largest absolute Gasteiger partial charge is 0.398 e. The monoisotopic (exact) mass is 254 g/mol. The van der Waals surface area contributed by atoms with Crippen molar-refractivity contribution in [2.75, 3.05) is 18.8 Å². The van der Waals surface area contributed by atoms with Crippen LogP contribution in [0.4, 0.5) is 5.69 Å². The fraction of sp³-hybridized carbons (Fsp3) is 0.400. The van der Waals surface area contributed by atoms with Gasteiger partial charge in [0.2, 0.25) is 10.0 Å². The van der Waals surface area contributed by atoms with Gasteiger partial charge in [0.15, 0.2) is 0 Å². The van der Waals surface area contributed by atoms with E-state index in [1.54, 1.807) is 6.92 Å². The van der Waals surface area contributed by atoms with Crippen LogP contribution in [0.5, 0.6) is 0 Å². The Labute approximate surface area is 101 Å². The van der Waals surface area contributed by atoms with E-state index in [2.05, 4.69) is 4.98 Å². The number of rotatable bonds is 5. The molecule has 0 atom stereocenters. The average molecular weight is 254 g/mol. The SMILES string of the molecule is CCN(CCC#N)S(=O)(=O)c1cnccc1N. The highest BCUT2D eigenvalue weighted by atomic mass is 32.2. The molecule has 17 heavy (non-hydrogen) atoms. The van der Waals surface area contributed by atoms with Gasteiger partial charge in [-0.05, 0) is 6.07 Å². The lowest BCUT2D eigenvalue weighted by molar-refractivity contribution is 0.435. The number of hydrogen-bond acceptors (Lipinski definition) is 5. The zero-order valence-corrected chi connectivity index (χ0v) is 10.3. The average Bonchev–Trinajstić information content (AvgIpc) is 2.30. The van der Waals surface area contributed by atoms with Crippen LogP contribution in [0.25, 0.3) is 0 Å². The quantitative estimate of drug-likeness (QED) is 0.828. The lowest BCUT2D eigenvalue weighted by Crippen LogP contribution is -2.32. The number of anilines is 1. The zero-order chi connectivity index (χ0) is 12.9. The maximum atomic E-state index is 12.2. The molecule has 1 aromatic rings. The van der Waals surface area contributed by atoms with Gasteiger partial charge in [-0.15, -0.1) is 0 Å². The Kier molecular flexibility index (Phi) is 4.43. The van der Waals surface area contributed by atoms with Crippen LogP contribution in [0.2, 0.25) is 0 Å². The fourth-order valence-electron chi connectivity index (χ4n) is 1.37. The molecule has 0 aliphatic heterocycles. The van der Waals surface area contributed by atoms with Crippen molar-refractivity contribution in [1.29, 1.82) is 5.26 Å². The molecule has 1 heterocycles. The molecular formula is C10H14N4O2S. The highest BCUT2D eigenvalue weighted by Crippen LogP contribution is 2.20. The summed E-state index contributed by atoms with van der Waals surface area (Å²) < 4.78 is 25.6. The number of aromatic nitrogens is 1. The highest BCUT2D eigenvalue weighted by molar-refractivity contribution is 7.89. The van der Waals surface area contributed by atoms with Crippen molar-refractivity contribution in [3.05, 3.63) is 18.5 Å². The molecule has 0 aliphatic carbocycles. The van der Waals surface area contributed by atoms with Crippen molar-refractivity contribution < 1.29 is 8.42 Å². The van der Waals surface area contributed by atoms with E-state index in [0.717, 1.165) is 0 Å². The van der Waals surface area contributed by atoms with Gasteiger partial charge in [0.05, 0.1) is 11.8 Å². The summed E-state index contributed by atoms with van der Waals surface area (Å²) in [5.41, 5.74) is 5.78. The number of nitrogen functional groups attached to an aromatic ring is 1. The van der Waals surface area contributed by atoms with E-state index in [9.17, 15) is 8.42 Å². The molecule has 0 amide bonds. The Morgan fingerprint density at radius 3 is 2.82 bits per heavy atom. The number of sulfonamides is 1. The molecule has 2 N–H and O–H groups in total. The number of nitrogens with zero attached hydrogens (tertiary/aromatic N) is 3. The van der Waals surface area contributed by atoms with E-state index in [1.165, 1.54) is 22.8 Å². The van der Waals surface area contributed by atoms with Crippen molar-refractivity contribution in [1.82, 2.24) is 9.29 Å². The molecule has 0 spiro atoms. The molecule has 6 nitrogen and oxygen atoms in total. The molecule has 0 aliphatic rings. The summed E-state index contributed by atoms with van der Waals surface area (Å²) in [6.07, 6.45) is 2.80. The normalized spacial score (nSPS) is 11.4. The second-order valence-corrected chi connectivity index (χ2v) is 5.22. The third-order valence-corrected chi connectivity index (χ3v) is 4.28. The van der Waals surface area contributed by atoms with Crippen LogP contribution in [-0.2, 0) is 10.0 Å². The van der Waals surface area contributed by atoms with Crippen molar-refractivity contribution >= 4 is 15.7 Å². The maximum Gasteiger partial charge on any atom is 0.246 e. The summed E-state index contributed by atoms with van der Waals surface area (Å²) in [5.74, 6) is 0. The molecule has 0 radical (unpaired) electrons. The standard InChI is InChI=1S/C10H14N4O2S/c1-2-14(7-3-5-11)17(15,16)10-8-13-6-4-9(10)12/h4,6,8H,2-3,7H2,1H3,(H2,12,13). The van der Waals surface area contributed by atoms with E-state index in [0.29, 0.717) is 6.54 Å². The molecule has 1 aromatic heterocycles. The third-order valence-electron chi connectivity index (χ3n) is 2.26. The Balaban J connectivity index is 3.10. The molecule has 1 rings (SSSR count). The number of nitriles is 1. The van der Waals surface area contributed by atoms with E-state index < -0.39 is 10.0 Å². The number of nitrogens with two attached hydrogens (primary N) is 1. The van der Waals surface area contributed by atoms with Gasteiger partial charge in [-0.3, -0.25) is 4.98 Å². The van der Waals surface area contributed by atoms with Gasteiger partial charge >= 0.3 is 0 Å². The first kappa shape index (κ1) is 13.4. The molecule has 0 unspecified atom stereocenters. The second-order valence-electron chi connectivity index (χ2n) is 3.32. The first-order valence-corrected chi connectivity index (χ1v) is 6.54. The Morgan fingerprint density at radius 1 is 1.59 bits per heavy atom. The topological polar surface area (TPSA) is 100 Å². The second kappa shape index (κ2) is 5.61. The Bertz CT molecular complexity index is 521. The van der Waals surface area contributed by atoms with E-state index in [4.69, 9.17) is 11.0 Å². The van der Waals surface area contributed by atoms with E-state index in [1.807, 2.05) is 6.07 Å². The van der Waals surface area contributed by atoms with Crippen LogP contribution in [-0.4, -0.2) is 30.8 Å². The van der Waals surface area contributed by atoms with Gasteiger partial charge in [0.1, 0.15) is 4.90 Å². The zero-order valence-electron chi connectivity index (χ0n) is 9.50. The van der Waals surface area contributed by atoms with Gasteiger partial charge in [-0.25, -0.2) is 8.42 Å². The molecule has 0 fully saturated rings. The molecule has 0 bridgehead atoms. The van der Waals surface area contributed by atoms with Crippen molar-refractivity contribution in [2.24, 2.45) is 0 Å². The molecular weight excluding hydrogens is 240 g/mol. The molecule has 7 heteroatoms. The van der Waals surface area contributed by atoms with Crippen LogP contribution in [0.15, 0.2) is 23.4 Å². The van der Waals surface area contributed by atoms with E-state index >= 15 is 0 Å². The Hall–Kier alpha value is -1.65. The van der Waals surface area contributed by atoms with Gasteiger partial charge < -0.3 is 5.73 Å². The summed E-state index contributed by atoms with van der Waals surface area (Å²) >= 11 is 0. The van der Waals surface area contributed by atoms with Crippen LogP contribution in [0.1, 0.15) is 13.3 Å². The highest BCUT2D eigenvalue weighted by Gasteiger charge is 2.24. The van der Waals surface area contributed by atoms with Gasteiger partial charge in [0, 0.05) is 31.9 Å². The maximum absolute atomic E-state index is 12.2. The number of pyridine rings is 1. The molecule has 92 valence electrons. The lowest BCUT2D eigenvalue weighted by Gasteiger charge is -2.19. The Morgan fingerprint density at radius 2 is 2.29 bits per heavy atom. The summed E-state index contributed by atoms with van der Waals surface area (Å²) in [7, 11) is -3.66. The van der Waals surface area contributed by atoms with E-state index in [-0.39, 0.29) is 23.5 Å². The minimum Gasteiger partial charge on any atom is -0.398 e. The summed E-state index contributed by atoms with van der Waals surface area (Å²) in [4.78, 5) is 3.74. The predicted molar refractivity (Wildman–Crippen MR) is 63.3 cm³/mol. The van der Waals surface area contributed by atoms with Crippen LogP contribution in [0.3, 0.4) is 0 Å². The summed E-state index contributed by atoms with van der Waals surface area (Å²) in [6, 6.07) is 3.35. The lowest BCUT2D eigenvalue weighted by atomic mass is 10.4. The number of hydrogen-bond donors (Lipinski definition) is 1. The van der Waals surface area contributed by atoms with Crippen LogP contribution >= 0.6 is 0 Å². The van der Waals surface area contributed by atoms with Gasteiger partial charge in [0.25, 0.3) is 0 Å².